The summed E-state index contributed by atoms with van der Waals surface area (Å²) >= 11 is 0. The van der Waals surface area contributed by atoms with Crippen LogP contribution < -0.4 is 10.5 Å². The summed E-state index contributed by atoms with van der Waals surface area (Å²) < 4.78 is 77.8. The van der Waals surface area contributed by atoms with Crippen molar-refractivity contribution in [1.29, 1.82) is 0 Å². The van der Waals surface area contributed by atoms with Crippen molar-refractivity contribution in [2.24, 2.45) is 0 Å². The maximum atomic E-state index is 13.4. The normalized spacial score (nSPS) is 11.4. The molecule has 0 aliphatic carbocycles. The number of nitrogens with two attached hydrogens (primary N) is 1. The molecule has 1 aromatic heterocycles. The number of sulfonamides is 1. The van der Waals surface area contributed by atoms with E-state index in [1.54, 1.807) is 0 Å². The van der Waals surface area contributed by atoms with Gasteiger partial charge < -0.3 is 5.73 Å². The van der Waals surface area contributed by atoms with Gasteiger partial charge >= 0.3 is 0 Å². The Hall–Kier alpha value is -2.43. The number of aromatic nitrogens is 2. The van der Waals surface area contributed by atoms with Crippen LogP contribution in [0.15, 0.2) is 23.4 Å². The Kier molecular flexibility index (Phi) is 3.68. The van der Waals surface area contributed by atoms with E-state index in [4.69, 9.17) is 5.73 Å². The molecule has 0 radical (unpaired) electrons. The fourth-order valence-corrected chi connectivity index (χ4v) is 2.27. The predicted molar refractivity (Wildman–Crippen MR) is 63.5 cm³/mol. The minimum atomic E-state index is -4.55. The standard InChI is InChI=1S/C10H6F4N4O2S/c11-5-1-6(12)8(14)9(7(5)13)18-21(19,20)4-2-16-10(15)17-3-4/h1-3,18H,(H2,15,16,17). The van der Waals surface area contributed by atoms with Crippen molar-refractivity contribution in [2.45, 2.75) is 4.90 Å². The fraction of sp³-hybridized carbons (Fsp3) is 0. The van der Waals surface area contributed by atoms with Gasteiger partial charge in [-0.05, 0) is 0 Å². The molecule has 2 rings (SSSR count). The third-order valence-electron chi connectivity index (χ3n) is 2.31. The van der Waals surface area contributed by atoms with Crippen LogP contribution in [0.3, 0.4) is 0 Å². The maximum absolute atomic E-state index is 13.4. The molecular formula is C10H6F4N4O2S. The van der Waals surface area contributed by atoms with Gasteiger partial charge in [-0.3, -0.25) is 4.72 Å². The first kappa shape index (κ1) is 15.0. The largest absolute Gasteiger partial charge is 0.368 e. The van der Waals surface area contributed by atoms with Crippen molar-refractivity contribution >= 4 is 21.7 Å². The van der Waals surface area contributed by atoms with Crippen LogP contribution in [0, 0.1) is 23.3 Å². The number of nitrogen functional groups attached to an aromatic ring is 1. The van der Waals surface area contributed by atoms with Crippen molar-refractivity contribution in [3.05, 3.63) is 41.7 Å². The number of benzene rings is 1. The number of hydrogen-bond acceptors (Lipinski definition) is 5. The van der Waals surface area contributed by atoms with Crippen LogP contribution in [-0.2, 0) is 10.0 Å². The number of anilines is 2. The van der Waals surface area contributed by atoms with Crippen LogP contribution >= 0.6 is 0 Å². The molecule has 0 unspecified atom stereocenters. The first-order valence-corrected chi connectivity index (χ1v) is 6.64. The highest BCUT2D eigenvalue weighted by Gasteiger charge is 2.24. The molecule has 0 amide bonds. The van der Waals surface area contributed by atoms with E-state index in [-0.39, 0.29) is 12.0 Å². The van der Waals surface area contributed by atoms with Gasteiger partial charge in [0.15, 0.2) is 23.3 Å². The highest BCUT2D eigenvalue weighted by atomic mass is 32.2. The Morgan fingerprint density at radius 3 is 1.95 bits per heavy atom. The van der Waals surface area contributed by atoms with E-state index in [0.29, 0.717) is 0 Å². The van der Waals surface area contributed by atoms with E-state index in [1.165, 1.54) is 4.72 Å². The van der Waals surface area contributed by atoms with Gasteiger partial charge in [0, 0.05) is 6.07 Å². The zero-order chi connectivity index (χ0) is 15.8. The van der Waals surface area contributed by atoms with Crippen molar-refractivity contribution in [2.75, 3.05) is 10.5 Å². The SMILES string of the molecule is Nc1ncc(S(=O)(=O)Nc2c(F)c(F)cc(F)c2F)cn1. The lowest BCUT2D eigenvalue weighted by Crippen LogP contribution is -2.17. The second-order valence-electron chi connectivity index (χ2n) is 3.73. The van der Waals surface area contributed by atoms with Crippen LogP contribution in [-0.4, -0.2) is 18.4 Å². The average molecular weight is 322 g/mol. The zero-order valence-electron chi connectivity index (χ0n) is 9.94. The van der Waals surface area contributed by atoms with Gasteiger partial charge in [-0.2, -0.15) is 0 Å². The lowest BCUT2D eigenvalue weighted by molar-refractivity contribution is 0.459. The molecule has 3 N–H and O–H groups in total. The second-order valence-corrected chi connectivity index (χ2v) is 5.41. The fourth-order valence-electron chi connectivity index (χ4n) is 1.32. The second kappa shape index (κ2) is 5.16. The summed E-state index contributed by atoms with van der Waals surface area (Å²) in [4.78, 5) is 6.16. The summed E-state index contributed by atoms with van der Waals surface area (Å²) in [5.41, 5.74) is 3.67. The molecule has 1 aromatic carbocycles. The Bertz CT molecular complexity index is 769. The molecule has 0 bridgehead atoms. The maximum Gasteiger partial charge on any atom is 0.265 e. The first-order valence-electron chi connectivity index (χ1n) is 5.15. The average Bonchev–Trinajstić information content (AvgIpc) is 2.42. The van der Waals surface area contributed by atoms with Crippen LogP contribution in [0.1, 0.15) is 0 Å². The monoisotopic (exact) mass is 322 g/mol. The van der Waals surface area contributed by atoms with Crippen LogP contribution in [0.5, 0.6) is 0 Å². The van der Waals surface area contributed by atoms with E-state index in [1.807, 2.05) is 0 Å². The quantitative estimate of drug-likeness (QED) is 0.658. The molecule has 21 heavy (non-hydrogen) atoms. The van der Waals surface area contributed by atoms with Crippen molar-refractivity contribution in [1.82, 2.24) is 9.97 Å². The summed E-state index contributed by atoms with van der Waals surface area (Å²) in [6.07, 6.45) is 1.52. The van der Waals surface area contributed by atoms with Crippen LogP contribution in [0.25, 0.3) is 0 Å². The predicted octanol–water partition coefficient (Wildman–Crippen LogP) is 1.42. The van der Waals surface area contributed by atoms with Gasteiger partial charge in [0.2, 0.25) is 5.95 Å². The van der Waals surface area contributed by atoms with Gasteiger partial charge in [0.25, 0.3) is 10.0 Å². The highest BCUT2D eigenvalue weighted by molar-refractivity contribution is 7.92. The Morgan fingerprint density at radius 1 is 1.00 bits per heavy atom. The molecule has 112 valence electrons. The number of halogens is 4. The van der Waals surface area contributed by atoms with Crippen LogP contribution in [0.2, 0.25) is 0 Å². The molecule has 0 aliphatic rings. The highest BCUT2D eigenvalue weighted by Crippen LogP contribution is 2.26. The molecule has 2 aromatic rings. The smallest absolute Gasteiger partial charge is 0.265 e. The Labute approximate surface area is 115 Å². The van der Waals surface area contributed by atoms with E-state index >= 15 is 0 Å². The van der Waals surface area contributed by atoms with Crippen LogP contribution in [0.4, 0.5) is 29.2 Å². The molecule has 6 nitrogen and oxygen atoms in total. The summed E-state index contributed by atoms with van der Waals surface area (Å²) in [5, 5.41) is 0. The molecule has 1 heterocycles. The molecule has 11 heteroatoms. The van der Waals surface area contributed by atoms with E-state index in [0.717, 1.165) is 12.4 Å². The molecule has 0 aliphatic heterocycles. The number of nitrogens with zero attached hydrogens (tertiary/aromatic N) is 2. The van der Waals surface area contributed by atoms with Crippen molar-refractivity contribution < 1.29 is 26.0 Å². The molecule has 0 spiro atoms. The zero-order valence-corrected chi connectivity index (χ0v) is 10.8. The van der Waals surface area contributed by atoms with Gasteiger partial charge in [-0.25, -0.2) is 35.9 Å². The number of rotatable bonds is 3. The lowest BCUT2D eigenvalue weighted by atomic mass is 10.3. The van der Waals surface area contributed by atoms with Gasteiger partial charge in [0.05, 0.1) is 12.4 Å². The number of hydrogen-bond donors (Lipinski definition) is 2. The molecule has 0 atom stereocenters. The molecule has 0 fully saturated rings. The minimum Gasteiger partial charge on any atom is -0.368 e. The van der Waals surface area contributed by atoms with Gasteiger partial charge in [0.1, 0.15) is 10.6 Å². The Balaban J connectivity index is 2.49. The Morgan fingerprint density at radius 2 is 1.48 bits per heavy atom. The summed E-state index contributed by atoms with van der Waals surface area (Å²) in [7, 11) is -4.55. The summed E-state index contributed by atoms with van der Waals surface area (Å²) in [6, 6.07) is -0.0468. The number of nitrogens with one attached hydrogen (secondary N) is 1. The molecule has 0 saturated carbocycles. The topological polar surface area (TPSA) is 98.0 Å². The molecular weight excluding hydrogens is 316 g/mol. The van der Waals surface area contributed by atoms with E-state index in [2.05, 4.69) is 9.97 Å². The van der Waals surface area contributed by atoms with Gasteiger partial charge in [-0.15, -0.1) is 0 Å². The van der Waals surface area contributed by atoms with Gasteiger partial charge in [-0.1, -0.05) is 0 Å². The van der Waals surface area contributed by atoms with E-state index < -0.39 is 43.9 Å². The minimum absolute atomic E-state index is 0.0468. The van der Waals surface area contributed by atoms with Crippen molar-refractivity contribution in [3.8, 4) is 0 Å². The summed E-state index contributed by atoms with van der Waals surface area (Å²) in [6.45, 7) is 0. The van der Waals surface area contributed by atoms with Crippen molar-refractivity contribution in [3.63, 3.8) is 0 Å². The van der Waals surface area contributed by atoms with E-state index in [9.17, 15) is 26.0 Å². The third kappa shape index (κ3) is 2.86. The first-order chi connectivity index (χ1) is 9.72. The lowest BCUT2D eigenvalue weighted by Gasteiger charge is -2.10. The molecule has 0 saturated heterocycles. The summed E-state index contributed by atoms with van der Waals surface area (Å²) in [5.74, 6) is -7.49. The third-order valence-corrected chi connectivity index (χ3v) is 3.61.